The number of para-hydroxylation sites is 2. The van der Waals surface area contributed by atoms with Gasteiger partial charge in [-0.25, -0.2) is 4.98 Å². The first-order valence-electron chi connectivity index (χ1n) is 5.84. The van der Waals surface area contributed by atoms with Crippen LogP contribution in [0.5, 0.6) is 0 Å². The van der Waals surface area contributed by atoms with Crippen molar-refractivity contribution >= 4 is 22.8 Å². The fourth-order valence-corrected chi connectivity index (χ4v) is 1.65. The summed E-state index contributed by atoms with van der Waals surface area (Å²) >= 11 is 0. The Morgan fingerprint density at radius 1 is 1.28 bits per heavy atom. The van der Waals surface area contributed by atoms with Gasteiger partial charge in [0.25, 0.3) is 0 Å². The van der Waals surface area contributed by atoms with Crippen molar-refractivity contribution in [2.24, 2.45) is 0 Å². The lowest BCUT2D eigenvalue weighted by Crippen LogP contribution is -2.08. The van der Waals surface area contributed by atoms with Gasteiger partial charge >= 0.3 is 5.97 Å². The number of esters is 1. The van der Waals surface area contributed by atoms with Gasteiger partial charge < -0.3 is 9.72 Å². The predicted molar refractivity (Wildman–Crippen MR) is 66.3 cm³/mol. The Kier molecular flexibility index (Phi) is 3.72. The first-order chi connectivity index (χ1) is 8.70. The average Bonchev–Trinajstić information content (AvgIpc) is 2.80. The van der Waals surface area contributed by atoms with Crippen LogP contribution in [0.1, 0.15) is 30.4 Å². The summed E-state index contributed by atoms with van der Waals surface area (Å²) < 4.78 is 4.77. The van der Waals surface area contributed by atoms with Crippen molar-refractivity contribution in [3.8, 4) is 0 Å². The zero-order valence-electron chi connectivity index (χ0n) is 10.1. The summed E-state index contributed by atoms with van der Waals surface area (Å²) in [6, 6.07) is 7.40. The molecule has 5 heteroatoms. The Morgan fingerprint density at radius 3 is 2.78 bits per heavy atom. The Hall–Kier alpha value is -2.17. The third-order valence-corrected chi connectivity index (χ3v) is 2.52. The summed E-state index contributed by atoms with van der Waals surface area (Å²) in [4.78, 5) is 30.1. The second kappa shape index (κ2) is 5.44. The SMILES string of the molecule is CCOC(=O)CCC(=O)c1nc2ccccc2[nH]1. The van der Waals surface area contributed by atoms with Crippen LogP contribution in [0.15, 0.2) is 24.3 Å². The van der Waals surface area contributed by atoms with Gasteiger partial charge in [0.2, 0.25) is 0 Å². The van der Waals surface area contributed by atoms with Crippen LogP contribution >= 0.6 is 0 Å². The van der Waals surface area contributed by atoms with Crippen LogP contribution in [-0.4, -0.2) is 28.3 Å². The lowest BCUT2D eigenvalue weighted by Gasteiger charge is -1.99. The lowest BCUT2D eigenvalue weighted by atomic mass is 10.2. The number of fused-ring (bicyclic) bond motifs is 1. The van der Waals surface area contributed by atoms with Crippen molar-refractivity contribution in [3.05, 3.63) is 30.1 Å². The molecule has 0 spiro atoms. The molecule has 0 fully saturated rings. The molecule has 0 bridgehead atoms. The molecule has 0 aliphatic carbocycles. The minimum Gasteiger partial charge on any atom is -0.466 e. The van der Waals surface area contributed by atoms with E-state index in [9.17, 15) is 9.59 Å². The van der Waals surface area contributed by atoms with Crippen molar-refractivity contribution < 1.29 is 14.3 Å². The molecule has 0 aliphatic rings. The molecule has 1 aromatic heterocycles. The largest absolute Gasteiger partial charge is 0.466 e. The van der Waals surface area contributed by atoms with Gasteiger partial charge in [-0.3, -0.25) is 9.59 Å². The number of carbonyl (C=O) groups excluding carboxylic acids is 2. The van der Waals surface area contributed by atoms with Crippen LogP contribution in [-0.2, 0) is 9.53 Å². The normalized spacial score (nSPS) is 10.5. The van der Waals surface area contributed by atoms with Gasteiger partial charge in [0.15, 0.2) is 11.6 Å². The number of ether oxygens (including phenoxy) is 1. The second-order valence-electron chi connectivity index (χ2n) is 3.83. The van der Waals surface area contributed by atoms with Crippen LogP contribution in [0, 0.1) is 0 Å². The van der Waals surface area contributed by atoms with Crippen LogP contribution in [0.3, 0.4) is 0 Å². The first-order valence-corrected chi connectivity index (χ1v) is 5.84. The highest BCUT2D eigenvalue weighted by Gasteiger charge is 2.13. The number of ketones is 1. The first kappa shape index (κ1) is 12.3. The van der Waals surface area contributed by atoms with Gasteiger partial charge in [0, 0.05) is 6.42 Å². The quantitative estimate of drug-likeness (QED) is 0.647. The molecule has 0 radical (unpaired) electrons. The number of Topliss-reactive ketones (excluding diaryl/α,β-unsaturated/α-hetero) is 1. The topological polar surface area (TPSA) is 72.1 Å². The summed E-state index contributed by atoms with van der Waals surface area (Å²) in [7, 11) is 0. The number of nitrogens with one attached hydrogen (secondary N) is 1. The molecular formula is C13H14N2O3. The van der Waals surface area contributed by atoms with Crippen molar-refractivity contribution in [2.75, 3.05) is 6.61 Å². The number of benzene rings is 1. The molecule has 1 heterocycles. The number of imidazole rings is 1. The summed E-state index contributed by atoms with van der Waals surface area (Å²) in [6.07, 6.45) is 0.197. The zero-order valence-corrected chi connectivity index (χ0v) is 10.1. The third-order valence-electron chi connectivity index (χ3n) is 2.52. The number of H-pyrrole nitrogens is 1. The van der Waals surface area contributed by atoms with Gasteiger partial charge in [-0.2, -0.15) is 0 Å². The van der Waals surface area contributed by atoms with Gasteiger partial charge in [0.1, 0.15) is 0 Å². The van der Waals surface area contributed by atoms with E-state index in [1.807, 2.05) is 24.3 Å². The number of hydrogen-bond donors (Lipinski definition) is 1. The molecule has 0 amide bonds. The Balaban J connectivity index is 2.02. The van der Waals surface area contributed by atoms with E-state index in [4.69, 9.17) is 4.74 Å². The van der Waals surface area contributed by atoms with Gasteiger partial charge in [-0.15, -0.1) is 0 Å². The zero-order chi connectivity index (χ0) is 13.0. The number of carbonyl (C=O) groups is 2. The van der Waals surface area contributed by atoms with Crippen molar-refractivity contribution in [1.82, 2.24) is 9.97 Å². The molecule has 5 nitrogen and oxygen atoms in total. The summed E-state index contributed by atoms with van der Waals surface area (Å²) in [6.45, 7) is 2.07. The van der Waals surface area contributed by atoms with E-state index < -0.39 is 0 Å². The molecule has 2 rings (SSSR count). The van der Waals surface area contributed by atoms with Crippen molar-refractivity contribution in [2.45, 2.75) is 19.8 Å². The minimum atomic E-state index is -0.359. The molecule has 2 aromatic rings. The molecule has 94 valence electrons. The lowest BCUT2D eigenvalue weighted by molar-refractivity contribution is -0.143. The van der Waals surface area contributed by atoms with E-state index in [2.05, 4.69) is 9.97 Å². The number of rotatable bonds is 5. The van der Waals surface area contributed by atoms with Gasteiger partial charge in [0.05, 0.1) is 24.1 Å². The van der Waals surface area contributed by atoms with Crippen LogP contribution in [0.25, 0.3) is 11.0 Å². The molecule has 0 saturated heterocycles. The molecule has 0 aliphatic heterocycles. The smallest absolute Gasteiger partial charge is 0.306 e. The number of aromatic amines is 1. The maximum Gasteiger partial charge on any atom is 0.306 e. The molecule has 0 saturated carbocycles. The molecule has 1 N–H and O–H groups in total. The van der Waals surface area contributed by atoms with E-state index >= 15 is 0 Å². The van der Waals surface area contributed by atoms with Gasteiger partial charge in [-0.05, 0) is 19.1 Å². The Bertz CT molecular complexity index is 541. The molecule has 18 heavy (non-hydrogen) atoms. The minimum absolute atomic E-state index is 0.0870. The fourth-order valence-electron chi connectivity index (χ4n) is 1.65. The molecule has 0 atom stereocenters. The molecule has 1 aromatic carbocycles. The summed E-state index contributed by atoms with van der Waals surface area (Å²) in [5, 5.41) is 0. The van der Waals surface area contributed by atoms with E-state index in [-0.39, 0.29) is 24.6 Å². The van der Waals surface area contributed by atoms with E-state index in [0.717, 1.165) is 11.0 Å². The number of aromatic nitrogens is 2. The molecule has 0 unspecified atom stereocenters. The highest BCUT2D eigenvalue weighted by molar-refractivity contribution is 5.97. The highest BCUT2D eigenvalue weighted by atomic mass is 16.5. The average molecular weight is 246 g/mol. The van der Waals surface area contributed by atoms with Crippen LogP contribution < -0.4 is 0 Å². The van der Waals surface area contributed by atoms with Crippen LogP contribution in [0.2, 0.25) is 0 Å². The fraction of sp³-hybridized carbons (Fsp3) is 0.308. The Labute approximate surface area is 104 Å². The number of nitrogens with zero attached hydrogens (tertiary/aromatic N) is 1. The maximum atomic E-state index is 11.8. The van der Waals surface area contributed by atoms with E-state index in [1.165, 1.54) is 0 Å². The monoisotopic (exact) mass is 246 g/mol. The summed E-state index contributed by atoms with van der Waals surface area (Å²) in [5.41, 5.74) is 1.56. The predicted octanol–water partition coefficient (Wildman–Crippen LogP) is 2.09. The van der Waals surface area contributed by atoms with E-state index in [1.54, 1.807) is 6.92 Å². The van der Waals surface area contributed by atoms with Crippen LogP contribution in [0.4, 0.5) is 0 Å². The number of hydrogen-bond acceptors (Lipinski definition) is 4. The second-order valence-corrected chi connectivity index (χ2v) is 3.83. The standard InChI is InChI=1S/C13H14N2O3/c1-2-18-12(17)8-7-11(16)13-14-9-5-3-4-6-10(9)15-13/h3-6H,2,7-8H2,1H3,(H,14,15). The van der Waals surface area contributed by atoms with E-state index in [0.29, 0.717) is 12.4 Å². The maximum absolute atomic E-state index is 11.8. The van der Waals surface area contributed by atoms with Gasteiger partial charge in [-0.1, -0.05) is 12.1 Å². The Morgan fingerprint density at radius 2 is 2.06 bits per heavy atom. The van der Waals surface area contributed by atoms with Crippen molar-refractivity contribution in [3.63, 3.8) is 0 Å². The molecular weight excluding hydrogens is 232 g/mol. The highest BCUT2D eigenvalue weighted by Crippen LogP contribution is 2.12. The third kappa shape index (κ3) is 2.74. The summed E-state index contributed by atoms with van der Waals surface area (Å²) in [5.74, 6) is -0.248. The van der Waals surface area contributed by atoms with Crippen molar-refractivity contribution in [1.29, 1.82) is 0 Å².